The maximum absolute atomic E-state index is 12.5. The second-order valence-electron chi connectivity index (χ2n) is 8.22. The average molecular weight is 473 g/mol. The first-order valence-corrected chi connectivity index (χ1v) is 11.6. The molecule has 1 aliphatic rings. The van der Waals surface area contributed by atoms with E-state index in [-0.39, 0.29) is 24.3 Å². The Bertz CT molecular complexity index is 1170. The first kappa shape index (κ1) is 23.8. The summed E-state index contributed by atoms with van der Waals surface area (Å²) in [6, 6.07) is 21.1. The standard InChI is InChI=1S/C27H28N4O4/c1-2-35-24-15-13-23(14-16-24)31-27(34)19-5-9-21(10-6-19)29-25(32)17-28-20-7-3-18(4-8-20)26(33)30-22-11-12-22/h3-10,13-16,22,28H,2,11-12,17H2,1H3,(H,29,32)(H,30,33)(H,31,34). The molecule has 0 radical (unpaired) electrons. The first-order valence-electron chi connectivity index (χ1n) is 11.6. The second-order valence-corrected chi connectivity index (χ2v) is 8.22. The number of ether oxygens (including phenoxy) is 1. The molecular weight excluding hydrogens is 444 g/mol. The van der Waals surface area contributed by atoms with Gasteiger partial charge in [-0.15, -0.1) is 0 Å². The molecule has 0 bridgehead atoms. The third-order valence-corrected chi connectivity index (χ3v) is 5.37. The van der Waals surface area contributed by atoms with Crippen molar-refractivity contribution < 1.29 is 19.1 Å². The van der Waals surface area contributed by atoms with E-state index in [1.165, 1.54) is 0 Å². The number of amides is 3. The molecule has 1 aliphatic carbocycles. The van der Waals surface area contributed by atoms with Gasteiger partial charge < -0.3 is 26.0 Å². The van der Waals surface area contributed by atoms with E-state index < -0.39 is 0 Å². The van der Waals surface area contributed by atoms with E-state index in [9.17, 15) is 14.4 Å². The van der Waals surface area contributed by atoms with Crippen LogP contribution < -0.4 is 26.0 Å². The molecule has 3 aromatic rings. The van der Waals surface area contributed by atoms with Crippen LogP contribution >= 0.6 is 0 Å². The Hall–Kier alpha value is -4.33. The van der Waals surface area contributed by atoms with Crippen molar-refractivity contribution in [2.75, 3.05) is 29.1 Å². The number of nitrogens with one attached hydrogen (secondary N) is 4. The van der Waals surface area contributed by atoms with E-state index >= 15 is 0 Å². The Morgan fingerprint density at radius 2 is 1.29 bits per heavy atom. The van der Waals surface area contributed by atoms with Gasteiger partial charge in [0.15, 0.2) is 0 Å². The molecule has 3 aromatic carbocycles. The fourth-order valence-electron chi connectivity index (χ4n) is 3.33. The van der Waals surface area contributed by atoms with Gasteiger partial charge in [0.2, 0.25) is 5.91 Å². The summed E-state index contributed by atoms with van der Waals surface area (Å²) in [6.45, 7) is 2.56. The molecule has 8 nitrogen and oxygen atoms in total. The van der Waals surface area contributed by atoms with Crippen LogP contribution in [0.1, 0.15) is 40.5 Å². The number of hydrogen-bond donors (Lipinski definition) is 4. The predicted molar refractivity (Wildman–Crippen MR) is 136 cm³/mol. The molecule has 35 heavy (non-hydrogen) atoms. The van der Waals surface area contributed by atoms with Crippen molar-refractivity contribution in [2.45, 2.75) is 25.8 Å². The largest absolute Gasteiger partial charge is 0.494 e. The van der Waals surface area contributed by atoms with Crippen LogP contribution in [0.2, 0.25) is 0 Å². The van der Waals surface area contributed by atoms with Crippen LogP contribution in [-0.2, 0) is 4.79 Å². The molecule has 0 heterocycles. The highest BCUT2D eigenvalue weighted by molar-refractivity contribution is 6.04. The fourth-order valence-corrected chi connectivity index (χ4v) is 3.33. The van der Waals surface area contributed by atoms with Crippen LogP contribution in [0.4, 0.5) is 17.1 Å². The van der Waals surface area contributed by atoms with Crippen LogP contribution in [0.3, 0.4) is 0 Å². The summed E-state index contributed by atoms with van der Waals surface area (Å²) in [5.41, 5.74) is 3.06. The summed E-state index contributed by atoms with van der Waals surface area (Å²) in [4.78, 5) is 36.8. The van der Waals surface area contributed by atoms with E-state index in [0.29, 0.717) is 35.2 Å². The number of rotatable bonds is 10. The summed E-state index contributed by atoms with van der Waals surface area (Å²) in [5, 5.41) is 11.6. The Labute approximate surface area is 204 Å². The number of carbonyl (C=O) groups is 3. The van der Waals surface area contributed by atoms with Crippen molar-refractivity contribution in [1.82, 2.24) is 5.32 Å². The van der Waals surface area contributed by atoms with Crippen LogP contribution in [-0.4, -0.2) is 36.9 Å². The van der Waals surface area contributed by atoms with Gasteiger partial charge in [-0.05, 0) is 92.6 Å². The van der Waals surface area contributed by atoms with E-state index in [0.717, 1.165) is 24.3 Å². The summed E-state index contributed by atoms with van der Waals surface area (Å²) in [6.07, 6.45) is 2.08. The molecule has 0 aromatic heterocycles. The molecule has 8 heteroatoms. The lowest BCUT2D eigenvalue weighted by atomic mass is 10.2. The van der Waals surface area contributed by atoms with Crippen molar-refractivity contribution in [3.8, 4) is 5.75 Å². The zero-order chi connectivity index (χ0) is 24.6. The van der Waals surface area contributed by atoms with Gasteiger partial charge in [0.05, 0.1) is 13.2 Å². The zero-order valence-corrected chi connectivity index (χ0v) is 19.5. The molecule has 1 fully saturated rings. The minimum absolute atomic E-state index is 0.0631. The molecule has 1 saturated carbocycles. The lowest BCUT2D eigenvalue weighted by Gasteiger charge is -2.10. The van der Waals surface area contributed by atoms with Gasteiger partial charge >= 0.3 is 0 Å². The Morgan fingerprint density at radius 1 is 0.743 bits per heavy atom. The number of anilines is 3. The van der Waals surface area contributed by atoms with Crippen LogP contribution in [0.5, 0.6) is 5.75 Å². The maximum Gasteiger partial charge on any atom is 0.255 e. The summed E-state index contributed by atoms with van der Waals surface area (Å²) in [7, 11) is 0. The molecule has 0 saturated heterocycles. The van der Waals surface area contributed by atoms with Crippen molar-refractivity contribution in [3.05, 3.63) is 83.9 Å². The highest BCUT2D eigenvalue weighted by Crippen LogP contribution is 2.20. The molecule has 4 rings (SSSR count). The van der Waals surface area contributed by atoms with Crippen LogP contribution in [0.25, 0.3) is 0 Å². The van der Waals surface area contributed by atoms with Gasteiger partial charge in [-0.25, -0.2) is 0 Å². The van der Waals surface area contributed by atoms with E-state index in [1.54, 1.807) is 72.8 Å². The van der Waals surface area contributed by atoms with Gasteiger partial charge in [-0.1, -0.05) is 0 Å². The molecule has 4 N–H and O–H groups in total. The second kappa shape index (κ2) is 11.2. The Balaban J connectivity index is 1.23. The zero-order valence-electron chi connectivity index (χ0n) is 19.5. The average Bonchev–Trinajstić information content (AvgIpc) is 3.69. The normalized spacial score (nSPS) is 12.4. The molecule has 0 aliphatic heterocycles. The maximum atomic E-state index is 12.5. The topological polar surface area (TPSA) is 109 Å². The lowest BCUT2D eigenvalue weighted by molar-refractivity contribution is -0.114. The van der Waals surface area contributed by atoms with Gasteiger partial charge in [-0.2, -0.15) is 0 Å². The third-order valence-electron chi connectivity index (χ3n) is 5.37. The highest BCUT2D eigenvalue weighted by Gasteiger charge is 2.23. The smallest absolute Gasteiger partial charge is 0.255 e. The van der Waals surface area contributed by atoms with Crippen LogP contribution in [0, 0.1) is 0 Å². The summed E-state index contributed by atoms with van der Waals surface area (Å²) in [5.74, 6) is 0.192. The minimum atomic E-state index is -0.247. The quantitative estimate of drug-likeness (QED) is 0.352. The first-order chi connectivity index (χ1) is 17.0. The molecule has 3 amide bonds. The predicted octanol–water partition coefficient (Wildman–Crippen LogP) is 4.28. The third kappa shape index (κ3) is 7.07. The SMILES string of the molecule is CCOc1ccc(NC(=O)c2ccc(NC(=O)CNc3ccc(C(=O)NC4CC4)cc3)cc2)cc1. The van der Waals surface area contributed by atoms with Crippen molar-refractivity contribution in [3.63, 3.8) is 0 Å². The number of benzene rings is 3. The molecular formula is C27H28N4O4. The van der Waals surface area contributed by atoms with Gasteiger partial charge in [0, 0.05) is 34.2 Å². The summed E-state index contributed by atoms with van der Waals surface area (Å²) >= 11 is 0. The fraction of sp³-hybridized carbons (Fsp3) is 0.222. The molecule has 0 unspecified atom stereocenters. The van der Waals surface area contributed by atoms with Gasteiger partial charge in [0.25, 0.3) is 11.8 Å². The number of carbonyl (C=O) groups excluding carboxylic acids is 3. The van der Waals surface area contributed by atoms with E-state index in [1.807, 2.05) is 6.92 Å². The van der Waals surface area contributed by atoms with Crippen molar-refractivity contribution in [1.29, 1.82) is 0 Å². The molecule has 0 atom stereocenters. The highest BCUT2D eigenvalue weighted by atomic mass is 16.5. The van der Waals surface area contributed by atoms with Crippen LogP contribution in [0.15, 0.2) is 72.8 Å². The Morgan fingerprint density at radius 3 is 1.89 bits per heavy atom. The van der Waals surface area contributed by atoms with Gasteiger partial charge in [0.1, 0.15) is 5.75 Å². The minimum Gasteiger partial charge on any atom is -0.494 e. The monoisotopic (exact) mass is 472 g/mol. The molecule has 0 spiro atoms. The lowest BCUT2D eigenvalue weighted by Crippen LogP contribution is -2.25. The molecule has 180 valence electrons. The van der Waals surface area contributed by atoms with Gasteiger partial charge in [-0.3, -0.25) is 14.4 Å². The van der Waals surface area contributed by atoms with Crippen molar-refractivity contribution in [2.24, 2.45) is 0 Å². The van der Waals surface area contributed by atoms with Crippen molar-refractivity contribution >= 4 is 34.8 Å². The Kier molecular flexibility index (Phi) is 7.62. The number of hydrogen-bond acceptors (Lipinski definition) is 5. The summed E-state index contributed by atoms with van der Waals surface area (Å²) < 4.78 is 5.40. The van der Waals surface area contributed by atoms with E-state index in [2.05, 4.69) is 21.3 Å². The van der Waals surface area contributed by atoms with E-state index in [4.69, 9.17) is 4.74 Å².